The molecule has 0 unspecified atom stereocenters. The van der Waals surface area contributed by atoms with Crippen LogP contribution in [0.15, 0.2) is 24.3 Å². The molecule has 1 aromatic carbocycles. The molecule has 0 aromatic heterocycles. The Hall–Kier alpha value is -1.35. The third kappa shape index (κ3) is 6.39. The molecule has 0 aliphatic carbocycles. The number of carbonyl (C=O) groups is 1. The Bertz CT molecular complexity index is 377. The van der Waals surface area contributed by atoms with Gasteiger partial charge in [0.2, 0.25) is 5.91 Å². The number of nitrogens with two attached hydrogens (primary N) is 1. The second-order valence-corrected chi connectivity index (χ2v) is 4.91. The van der Waals surface area contributed by atoms with Crippen molar-refractivity contribution in [3.8, 4) is 0 Å². The minimum Gasteiger partial charge on any atom is -0.352 e. The number of benzene rings is 1. The molecular formula is C16H26N2O. The summed E-state index contributed by atoms with van der Waals surface area (Å²) in [6, 6.07) is 7.97. The van der Waals surface area contributed by atoms with Crippen molar-refractivity contribution < 1.29 is 4.79 Å². The van der Waals surface area contributed by atoms with Crippen molar-refractivity contribution in [3.63, 3.8) is 0 Å². The second kappa shape index (κ2) is 9.56. The predicted molar refractivity (Wildman–Crippen MR) is 79.6 cm³/mol. The van der Waals surface area contributed by atoms with E-state index >= 15 is 0 Å². The van der Waals surface area contributed by atoms with E-state index in [9.17, 15) is 4.79 Å². The quantitative estimate of drug-likeness (QED) is 0.672. The Kier molecular flexibility index (Phi) is 7.91. The molecule has 3 N–H and O–H groups in total. The van der Waals surface area contributed by atoms with E-state index < -0.39 is 0 Å². The maximum atomic E-state index is 11.7. The van der Waals surface area contributed by atoms with Crippen LogP contribution in [0.3, 0.4) is 0 Å². The minimum atomic E-state index is 0.142. The predicted octanol–water partition coefficient (Wildman–Crippen LogP) is 3.12. The summed E-state index contributed by atoms with van der Waals surface area (Å²) < 4.78 is 0. The van der Waals surface area contributed by atoms with Gasteiger partial charge in [-0.3, -0.25) is 4.79 Å². The van der Waals surface area contributed by atoms with E-state index in [-0.39, 0.29) is 5.91 Å². The molecule has 0 saturated heterocycles. The Morgan fingerprint density at radius 1 is 1.11 bits per heavy atom. The molecule has 1 amide bonds. The third-order valence-electron chi connectivity index (χ3n) is 3.32. The zero-order valence-corrected chi connectivity index (χ0v) is 12.0. The number of unbranched alkanes of at least 4 members (excludes halogenated alkanes) is 4. The summed E-state index contributed by atoms with van der Waals surface area (Å²) in [6.07, 6.45) is 6.52. The molecule has 1 aromatic rings. The largest absolute Gasteiger partial charge is 0.352 e. The van der Waals surface area contributed by atoms with Crippen molar-refractivity contribution in [1.29, 1.82) is 0 Å². The molecule has 0 fully saturated rings. The first-order valence-corrected chi connectivity index (χ1v) is 7.31. The number of hydrogen-bond donors (Lipinski definition) is 2. The van der Waals surface area contributed by atoms with Crippen molar-refractivity contribution in [1.82, 2.24) is 5.32 Å². The van der Waals surface area contributed by atoms with E-state index in [1.54, 1.807) is 0 Å². The van der Waals surface area contributed by atoms with Crippen molar-refractivity contribution in [2.24, 2.45) is 5.73 Å². The van der Waals surface area contributed by atoms with Crippen LogP contribution in [0.1, 0.15) is 56.6 Å². The monoisotopic (exact) mass is 262 g/mol. The van der Waals surface area contributed by atoms with Gasteiger partial charge in [0, 0.05) is 19.5 Å². The van der Waals surface area contributed by atoms with Crippen LogP contribution < -0.4 is 11.1 Å². The minimum absolute atomic E-state index is 0.142. The van der Waals surface area contributed by atoms with Gasteiger partial charge in [0.15, 0.2) is 0 Å². The number of amides is 1. The molecule has 0 saturated carbocycles. The number of rotatable bonds is 9. The molecule has 0 spiro atoms. The first-order valence-electron chi connectivity index (χ1n) is 7.31. The first-order chi connectivity index (χ1) is 9.27. The summed E-state index contributed by atoms with van der Waals surface area (Å²) in [5.41, 5.74) is 7.89. The third-order valence-corrected chi connectivity index (χ3v) is 3.32. The average Bonchev–Trinajstić information content (AvgIpc) is 2.45. The normalized spacial score (nSPS) is 10.4. The van der Waals surface area contributed by atoms with E-state index in [1.807, 2.05) is 24.3 Å². The molecule has 3 heteroatoms. The fourth-order valence-corrected chi connectivity index (χ4v) is 2.10. The van der Waals surface area contributed by atoms with Gasteiger partial charge in [-0.25, -0.2) is 0 Å². The highest BCUT2D eigenvalue weighted by Gasteiger charge is 2.03. The van der Waals surface area contributed by atoms with Crippen molar-refractivity contribution in [3.05, 3.63) is 35.4 Å². The molecule has 106 valence electrons. The van der Waals surface area contributed by atoms with Crippen LogP contribution in [0.25, 0.3) is 0 Å². The molecular weight excluding hydrogens is 236 g/mol. The SMILES string of the molecule is CCCCCCCC(=O)NCc1ccccc1CN. The van der Waals surface area contributed by atoms with Crippen LogP contribution in [0.4, 0.5) is 0 Å². The summed E-state index contributed by atoms with van der Waals surface area (Å²) in [5.74, 6) is 0.142. The Morgan fingerprint density at radius 3 is 2.47 bits per heavy atom. The lowest BCUT2D eigenvalue weighted by Gasteiger charge is -2.09. The standard InChI is InChI=1S/C16H26N2O/c1-2-3-4-5-6-11-16(19)18-13-15-10-8-7-9-14(15)12-17/h7-10H,2-6,11-13,17H2,1H3,(H,18,19). The second-order valence-electron chi connectivity index (χ2n) is 4.91. The Morgan fingerprint density at radius 2 is 1.79 bits per heavy atom. The van der Waals surface area contributed by atoms with Gasteiger partial charge in [-0.05, 0) is 17.5 Å². The Labute approximate surface area is 116 Å². The smallest absolute Gasteiger partial charge is 0.220 e. The molecule has 1 rings (SSSR count). The van der Waals surface area contributed by atoms with E-state index in [1.165, 1.54) is 19.3 Å². The fraction of sp³-hybridized carbons (Fsp3) is 0.562. The van der Waals surface area contributed by atoms with E-state index in [2.05, 4.69) is 12.2 Å². The van der Waals surface area contributed by atoms with Crippen LogP contribution in [-0.4, -0.2) is 5.91 Å². The van der Waals surface area contributed by atoms with Crippen molar-refractivity contribution in [2.75, 3.05) is 0 Å². The molecule has 0 heterocycles. The summed E-state index contributed by atoms with van der Waals surface area (Å²) in [6.45, 7) is 3.30. The van der Waals surface area contributed by atoms with Gasteiger partial charge in [-0.15, -0.1) is 0 Å². The fourth-order valence-electron chi connectivity index (χ4n) is 2.10. The molecule has 3 nitrogen and oxygen atoms in total. The average molecular weight is 262 g/mol. The highest BCUT2D eigenvalue weighted by atomic mass is 16.1. The van der Waals surface area contributed by atoms with Gasteiger partial charge in [0.05, 0.1) is 0 Å². The van der Waals surface area contributed by atoms with Gasteiger partial charge in [0.1, 0.15) is 0 Å². The number of hydrogen-bond acceptors (Lipinski definition) is 2. The zero-order chi connectivity index (χ0) is 13.9. The maximum Gasteiger partial charge on any atom is 0.220 e. The lowest BCUT2D eigenvalue weighted by atomic mass is 10.1. The first kappa shape index (κ1) is 15.7. The summed E-state index contributed by atoms with van der Waals surface area (Å²) in [4.78, 5) is 11.7. The highest BCUT2D eigenvalue weighted by molar-refractivity contribution is 5.75. The Balaban J connectivity index is 2.22. The van der Waals surface area contributed by atoms with Crippen LogP contribution in [0.2, 0.25) is 0 Å². The molecule has 0 atom stereocenters. The zero-order valence-electron chi connectivity index (χ0n) is 12.0. The van der Waals surface area contributed by atoms with Gasteiger partial charge in [-0.2, -0.15) is 0 Å². The van der Waals surface area contributed by atoms with Crippen LogP contribution in [0.5, 0.6) is 0 Å². The lowest BCUT2D eigenvalue weighted by Crippen LogP contribution is -2.23. The van der Waals surface area contributed by atoms with Crippen LogP contribution in [0, 0.1) is 0 Å². The van der Waals surface area contributed by atoms with Gasteiger partial charge < -0.3 is 11.1 Å². The molecule has 19 heavy (non-hydrogen) atoms. The summed E-state index contributed by atoms with van der Waals surface area (Å²) >= 11 is 0. The maximum absolute atomic E-state index is 11.7. The van der Waals surface area contributed by atoms with E-state index in [0.717, 1.165) is 24.0 Å². The summed E-state index contributed by atoms with van der Waals surface area (Å²) in [5, 5.41) is 2.97. The topological polar surface area (TPSA) is 55.1 Å². The molecule has 0 aliphatic heterocycles. The van der Waals surface area contributed by atoms with Gasteiger partial charge in [-0.1, -0.05) is 56.9 Å². The van der Waals surface area contributed by atoms with E-state index in [0.29, 0.717) is 19.5 Å². The van der Waals surface area contributed by atoms with Crippen molar-refractivity contribution >= 4 is 5.91 Å². The highest BCUT2D eigenvalue weighted by Crippen LogP contribution is 2.08. The van der Waals surface area contributed by atoms with Crippen molar-refractivity contribution in [2.45, 2.75) is 58.5 Å². The molecule has 0 bridgehead atoms. The lowest BCUT2D eigenvalue weighted by molar-refractivity contribution is -0.121. The van der Waals surface area contributed by atoms with Crippen LogP contribution in [-0.2, 0) is 17.9 Å². The molecule has 0 aliphatic rings. The van der Waals surface area contributed by atoms with Crippen LogP contribution >= 0.6 is 0 Å². The van der Waals surface area contributed by atoms with Gasteiger partial charge >= 0.3 is 0 Å². The summed E-state index contributed by atoms with van der Waals surface area (Å²) in [7, 11) is 0. The van der Waals surface area contributed by atoms with Gasteiger partial charge in [0.25, 0.3) is 0 Å². The van der Waals surface area contributed by atoms with E-state index in [4.69, 9.17) is 5.73 Å². The molecule has 0 radical (unpaired) electrons. The number of carbonyl (C=O) groups excluding carboxylic acids is 1. The number of nitrogens with one attached hydrogen (secondary N) is 1.